The van der Waals surface area contributed by atoms with E-state index in [9.17, 15) is 0 Å². The quantitative estimate of drug-likeness (QED) is 0.734. The molecule has 0 aromatic carbocycles. The van der Waals surface area contributed by atoms with Crippen LogP contribution in [0.25, 0.3) is 0 Å². The highest BCUT2D eigenvalue weighted by Crippen LogP contribution is 2.22. The minimum atomic E-state index is 0.337. The van der Waals surface area contributed by atoms with Crippen molar-refractivity contribution >= 4 is 27.9 Å². The van der Waals surface area contributed by atoms with E-state index < -0.39 is 0 Å². The zero-order valence-electron chi connectivity index (χ0n) is 6.75. The molecule has 1 aliphatic heterocycles. The molecule has 0 bridgehead atoms. The molecular weight excluding hydrogens is 176 g/mol. The first-order valence-electron chi connectivity index (χ1n) is 3.88. The van der Waals surface area contributed by atoms with Gasteiger partial charge in [0.25, 0.3) is 0 Å². The number of thioether (sulfide) groups is 2. The van der Waals surface area contributed by atoms with Gasteiger partial charge in [0, 0.05) is 17.5 Å². The van der Waals surface area contributed by atoms with Crippen LogP contribution >= 0.6 is 23.5 Å². The molecule has 4 heteroatoms. The van der Waals surface area contributed by atoms with Gasteiger partial charge in [-0.3, -0.25) is 4.99 Å². The molecule has 0 amide bonds. The van der Waals surface area contributed by atoms with Crippen molar-refractivity contribution in [2.75, 3.05) is 18.1 Å². The summed E-state index contributed by atoms with van der Waals surface area (Å²) in [6.07, 6.45) is 1.06. The van der Waals surface area contributed by atoms with Crippen molar-refractivity contribution in [3.8, 4) is 0 Å². The summed E-state index contributed by atoms with van der Waals surface area (Å²) < 4.78 is 1.23. The number of nitrogens with two attached hydrogens (primary N) is 1. The summed E-state index contributed by atoms with van der Waals surface area (Å²) in [7, 11) is 0. The van der Waals surface area contributed by atoms with Gasteiger partial charge in [0.2, 0.25) is 0 Å². The van der Waals surface area contributed by atoms with Crippen LogP contribution in [0.4, 0.5) is 0 Å². The van der Waals surface area contributed by atoms with Gasteiger partial charge in [0.1, 0.15) is 4.38 Å². The fourth-order valence-electron chi connectivity index (χ4n) is 0.699. The van der Waals surface area contributed by atoms with Crippen LogP contribution in [0.15, 0.2) is 4.99 Å². The highest BCUT2D eigenvalue weighted by molar-refractivity contribution is 8.39. The molecule has 0 saturated heterocycles. The summed E-state index contributed by atoms with van der Waals surface area (Å²) in [6, 6.07) is 0.337. The lowest BCUT2D eigenvalue weighted by molar-refractivity contribution is 0.726. The van der Waals surface area contributed by atoms with E-state index in [4.69, 9.17) is 5.73 Å². The molecule has 0 aromatic heterocycles. The molecule has 1 atom stereocenters. The Hall–Kier alpha value is 0.330. The minimum absolute atomic E-state index is 0.337. The second-order valence-corrected chi connectivity index (χ2v) is 4.83. The number of nitrogens with zero attached hydrogens (tertiary/aromatic N) is 1. The Morgan fingerprint density at radius 3 is 3.18 bits per heavy atom. The number of hydrogen-bond acceptors (Lipinski definition) is 4. The topological polar surface area (TPSA) is 38.4 Å². The third-order valence-corrected chi connectivity index (χ3v) is 3.94. The summed E-state index contributed by atoms with van der Waals surface area (Å²) in [5.41, 5.74) is 5.77. The monoisotopic (exact) mass is 190 g/mol. The first-order chi connectivity index (χ1) is 5.33. The number of hydrogen-bond donors (Lipinski definition) is 1. The fraction of sp³-hybridized carbons (Fsp3) is 0.857. The van der Waals surface area contributed by atoms with Gasteiger partial charge in [-0.05, 0) is 6.42 Å². The third kappa shape index (κ3) is 3.49. The first-order valence-corrected chi connectivity index (χ1v) is 5.85. The normalized spacial score (nSPS) is 20.0. The van der Waals surface area contributed by atoms with Crippen molar-refractivity contribution < 1.29 is 0 Å². The zero-order valence-corrected chi connectivity index (χ0v) is 8.38. The van der Waals surface area contributed by atoms with E-state index in [-0.39, 0.29) is 0 Å². The molecule has 1 aliphatic rings. The Balaban J connectivity index is 2.11. The van der Waals surface area contributed by atoms with Gasteiger partial charge in [-0.2, -0.15) is 0 Å². The molecule has 2 nitrogen and oxygen atoms in total. The summed E-state index contributed by atoms with van der Waals surface area (Å²) in [5.74, 6) is 2.17. The van der Waals surface area contributed by atoms with Crippen LogP contribution in [0.3, 0.4) is 0 Å². The molecule has 2 N–H and O–H groups in total. The zero-order chi connectivity index (χ0) is 8.10. The van der Waals surface area contributed by atoms with E-state index in [1.807, 2.05) is 11.8 Å². The van der Waals surface area contributed by atoms with Crippen molar-refractivity contribution in [1.29, 1.82) is 0 Å². The van der Waals surface area contributed by atoms with Crippen molar-refractivity contribution in [1.82, 2.24) is 0 Å². The Kier molecular flexibility index (Phi) is 4.33. The Morgan fingerprint density at radius 1 is 1.82 bits per heavy atom. The lowest BCUT2D eigenvalue weighted by Crippen LogP contribution is -2.21. The first kappa shape index (κ1) is 9.42. The standard InChI is InChI=1S/C7H14N2S2/c1-2-6(8)5-11-7-9-3-4-10-7/h6H,2-5,8H2,1H3/t6-/m0/s1. The van der Waals surface area contributed by atoms with Gasteiger partial charge >= 0.3 is 0 Å². The molecule has 64 valence electrons. The van der Waals surface area contributed by atoms with Crippen LogP contribution in [0.5, 0.6) is 0 Å². The van der Waals surface area contributed by atoms with E-state index in [2.05, 4.69) is 11.9 Å². The van der Waals surface area contributed by atoms with E-state index in [1.165, 1.54) is 4.38 Å². The molecule has 0 saturated carbocycles. The van der Waals surface area contributed by atoms with Crippen molar-refractivity contribution in [3.05, 3.63) is 0 Å². The molecule has 0 unspecified atom stereocenters. The number of aliphatic imine (C=N–C) groups is 1. The molecule has 0 aromatic rings. The molecular formula is C7H14N2S2. The van der Waals surface area contributed by atoms with Gasteiger partial charge < -0.3 is 5.73 Å². The average molecular weight is 190 g/mol. The smallest absolute Gasteiger partial charge is 0.124 e. The molecule has 0 spiro atoms. The highest BCUT2D eigenvalue weighted by Gasteiger charge is 2.08. The minimum Gasteiger partial charge on any atom is -0.327 e. The summed E-state index contributed by atoms with van der Waals surface area (Å²) in [5, 5.41) is 0. The van der Waals surface area contributed by atoms with Crippen LogP contribution in [0.2, 0.25) is 0 Å². The summed E-state index contributed by atoms with van der Waals surface area (Å²) in [4.78, 5) is 4.33. The van der Waals surface area contributed by atoms with E-state index in [1.54, 1.807) is 11.8 Å². The molecule has 11 heavy (non-hydrogen) atoms. The van der Waals surface area contributed by atoms with Crippen molar-refractivity contribution in [2.45, 2.75) is 19.4 Å². The Bertz CT molecular complexity index is 147. The van der Waals surface area contributed by atoms with E-state index in [0.29, 0.717) is 6.04 Å². The SMILES string of the molecule is CC[C@H](N)CSC1=NCCS1. The van der Waals surface area contributed by atoms with Gasteiger partial charge in [-0.1, -0.05) is 30.4 Å². The second-order valence-electron chi connectivity index (χ2n) is 2.48. The van der Waals surface area contributed by atoms with E-state index in [0.717, 1.165) is 24.5 Å². The molecule has 0 fully saturated rings. The summed E-state index contributed by atoms with van der Waals surface area (Å²) in [6.45, 7) is 3.11. The fourth-order valence-corrected chi connectivity index (χ4v) is 2.80. The maximum absolute atomic E-state index is 5.77. The van der Waals surface area contributed by atoms with E-state index >= 15 is 0 Å². The summed E-state index contributed by atoms with van der Waals surface area (Å²) >= 11 is 3.66. The van der Waals surface area contributed by atoms with Crippen LogP contribution in [-0.2, 0) is 0 Å². The van der Waals surface area contributed by atoms with Crippen LogP contribution in [0, 0.1) is 0 Å². The van der Waals surface area contributed by atoms with Gasteiger partial charge in [-0.25, -0.2) is 0 Å². The van der Waals surface area contributed by atoms with Gasteiger partial charge in [0.15, 0.2) is 0 Å². The molecule has 0 aliphatic carbocycles. The average Bonchev–Trinajstić information content (AvgIpc) is 2.52. The molecule has 1 rings (SSSR count). The highest BCUT2D eigenvalue weighted by atomic mass is 32.2. The lowest BCUT2D eigenvalue weighted by atomic mass is 10.3. The Morgan fingerprint density at radius 2 is 2.64 bits per heavy atom. The predicted octanol–water partition coefficient (Wildman–Crippen LogP) is 1.56. The van der Waals surface area contributed by atoms with Crippen molar-refractivity contribution in [2.24, 2.45) is 10.7 Å². The van der Waals surface area contributed by atoms with Crippen LogP contribution in [0.1, 0.15) is 13.3 Å². The predicted molar refractivity (Wildman–Crippen MR) is 55.5 cm³/mol. The lowest BCUT2D eigenvalue weighted by Gasteiger charge is -2.06. The number of rotatable bonds is 3. The molecule has 1 heterocycles. The third-order valence-electron chi connectivity index (χ3n) is 1.50. The van der Waals surface area contributed by atoms with Gasteiger partial charge in [0.05, 0.1) is 6.54 Å². The molecule has 0 radical (unpaired) electrons. The second kappa shape index (κ2) is 5.06. The van der Waals surface area contributed by atoms with Crippen molar-refractivity contribution in [3.63, 3.8) is 0 Å². The largest absolute Gasteiger partial charge is 0.327 e. The maximum atomic E-state index is 5.77. The maximum Gasteiger partial charge on any atom is 0.124 e. The van der Waals surface area contributed by atoms with Gasteiger partial charge in [-0.15, -0.1) is 0 Å². The Labute approximate surface area is 76.4 Å². The van der Waals surface area contributed by atoms with Crippen LogP contribution in [-0.4, -0.2) is 28.5 Å². The van der Waals surface area contributed by atoms with Crippen LogP contribution < -0.4 is 5.73 Å².